The molecule has 4 nitrogen and oxygen atoms in total. The Hall–Kier alpha value is -1.10. The van der Waals surface area contributed by atoms with Crippen LogP contribution in [0.3, 0.4) is 0 Å². The number of aliphatic hydroxyl groups excluding tert-OH is 1. The Morgan fingerprint density at radius 3 is 3.12 bits per heavy atom. The van der Waals surface area contributed by atoms with Crippen molar-refractivity contribution in [2.24, 2.45) is 5.73 Å². The third kappa shape index (κ3) is 2.97. The summed E-state index contributed by atoms with van der Waals surface area (Å²) in [5.74, 6) is 0. The van der Waals surface area contributed by atoms with Gasteiger partial charge in [-0.25, -0.2) is 0 Å². The average molecular weight is 236 g/mol. The van der Waals surface area contributed by atoms with Gasteiger partial charge in [-0.3, -0.25) is 0 Å². The Kier molecular flexibility index (Phi) is 3.99. The standard InChI is InChI=1S/C13H20N2O2/c1-10(14)11-3-2-4-12(7-11)15-5-6-17-13(8-15)9-16/h2-4,7,10,13,16H,5-6,8-9,14H2,1H3/t10?,13-/m0/s1. The second-order valence-corrected chi connectivity index (χ2v) is 4.51. The summed E-state index contributed by atoms with van der Waals surface area (Å²) in [6, 6.07) is 8.30. The Labute approximate surface area is 102 Å². The summed E-state index contributed by atoms with van der Waals surface area (Å²) < 4.78 is 5.44. The smallest absolute Gasteiger partial charge is 0.0980 e. The molecule has 4 heteroatoms. The quantitative estimate of drug-likeness (QED) is 0.819. The van der Waals surface area contributed by atoms with Crippen molar-refractivity contribution in [3.63, 3.8) is 0 Å². The molecule has 1 aromatic carbocycles. The molecule has 0 saturated carbocycles. The maximum Gasteiger partial charge on any atom is 0.0980 e. The van der Waals surface area contributed by atoms with Crippen LogP contribution in [-0.4, -0.2) is 37.5 Å². The van der Waals surface area contributed by atoms with Gasteiger partial charge >= 0.3 is 0 Å². The van der Waals surface area contributed by atoms with E-state index in [1.54, 1.807) is 0 Å². The zero-order valence-electron chi connectivity index (χ0n) is 10.2. The highest BCUT2D eigenvalue weighted by molar-refractivity contribution is 5.49. The van der Waals surface area contributed by atoms with Gasteiger partial charge in [0.15, 0.2) is 0 Å². The number of anilines is 1. The fourth-order valence-electron chi connectivity index (χ4n) is 2.07. The highest BCUT2D eigenvalue weighted by atomic mass is 16.5. The van der Waals surface area contributed by atoms with Crippen molar-refractivity contribution in [3.05, 3.63) is 29.8 Å². The number of hydrogen-bond donors (Lipinski definition) is 2. The molecule has 0 spiro atoms. The molecule has 1 heterocycles. The van der Waals surface area contributed by atoms with Crippen LogP contribution in [0.25, 0.3) is 0 Å². The molecule has 17 heavy (non-hydrogen) atoms. The normalized spacial score (nSPS) is 22.5. The Morgan fingerprint density at radius 1 is 1.59 bits per heavy atom. The van der Waals surface area contributed by atoms with Gasteiger partial charge in [0.25, 0.3) is 0 Å². The van der Waals surface area contributed by atoms with Crippen LogP contribution in [0.15, 0.2) is 24.3 Å². The monoisotopic (exact) mass is 236 g/mol. The van der Waals surface area contributed by atoms with E-state index < -0.39 is 0 Å². The van der Waals surface area contributed by atoms with Gasteiger partial charge in [-0.2, -0.15) is 0 Å². The van der Waals surface area contributed by atoms with Crippen molar-refractivity contribution in [1.82, 2.24) is 0 Å². The second-order valence-electron chi connectivity index (χ2n) is 4.51. The molecule has 94 valence electrons. The van der Waals surface area contributed by atoms with E-state index in [0.717, 1.165) is 24.3 Å². The average Bonchev–Trinajstić information content (AvgIpc) is 2.39. The lowest BCUT2D eigenvalue weighted by Crippen LogP contribution is -2.44. The highest BCUT2D eigenvalue weighted by Crippen LogP contribution is 2.21. The van der Waals surface area contributed by atoms with Crippen molar-refractivity contribution < 1.29 is 9.84 Å². The summed E-state index contributed by atoms with van der Waals surface area (Å²) in [5, 5.41) is 9.13. The molecule has 0 radical (unpaired) electrons. The van der Waals surface area contributed by atoms with E-state index in [2.05, 4.69) is 17.0 Å². The lowest BCUT2D eigenvalue weighted by Gasteiger charge is -2.34. The first-order valence-electron chi connectivity index (χ1n) is 6.03. The number of hydrogen-bond acceptors (Lipinski definition) is 4. The third-order valence-electron chi connectivity index (χ3n) is 3.10. The van der Waals surface area contributed by atoms with E-state index in [0.29, 0.717) is 6.61 Å². The molecule has 2 rings (SSSR count). The van der Waals surface area contributed by atoms with E-state index >= 15 is 0 Å². The van der Waals surface area contributed by atoms with E-state index in [9.17, 15) is 0 Å². The van der Waals surface area contributed by atoms with E-state index in [-0.39, 0.29) is 18.8 Å². The number of ether oxygens (including phenoxy) is 1. The molecular weight excluding hydrogens is 216 g/mol. The van der Waals surface area contributed by atoms with Crippen LogP contribution in [-0.2, 0) is 4.74 Å². The molecule has 1 aliphatic heterocycles. The van der Waals surface area contributed by atoms with Crippen LogP contribution in [0.5, 0.6) is 0 Å². The van der Waals surface area contributed by atoms with Gasteiger partial charge < -0.3 is 20.5 Å². The third-order valence-corrected chi connectivity index (χ3v) is 3.10. The first kappa shape index (κ1) is 12.4. The lowest BCUT2D eigenvalue weighted by molar-refractivity contribution is 0.00356. The summed E-state index contributed by atoms with van der Waals surface area (Å²) in [4.78, 5) is 2.23. The SMILES string of the molecule is CC(N)c1cccc(N2CCO[C@H](CO)C2)c1. The van der Waals surface area contributed by atoms with Gasteiger partial charge in [0.2, 0.25) is 0 Å². The maximum absolute atomic E-state index is 9.13. The Bertz CT molecular complexity index is 368. The minimum absolute atomic E-state index is 0.0460. The molecule has 0 aromatic heterocycles. The van der Waals surface area contributed by atoms with Crippen molar-refractivity contribution in [2.75, 3.05) is 31.2 Å². The van der Waals surface area contributed by atoms with Crippen LogP contribution in [0, 0.1) is 0 Å². The molecule has 3 N–H and O–H groups in total. The molecule has 1 saturated heterocycles. The molecule has 1 unspecified atom stereocenters. The van der Waals surface area contributed by atoms with Crippen LogP contribution < -0.4 is 10.6 Å². The summed E-state index contributed by atoms with van der Waals surface area (Å²) in [6.45, 7) is 4.31. The molecule has 0 bridgehead atoms. The number of benzene rings is 1. The first-order valence-corrected chi connectivity index (χ1v) is 6.03. The van der Waals surface area contributed by atoms with E-state index in [4.69, 9.17) is 15.6 Å². The maximum atomic E-state index is 9.13. The molecular formula is C13H20N2O2. The zero-order valence-corrected chi connectivity index (χ0v) is 10.2. The Balaban J connectivity index is 2.13. The van der Waals surface area contributed by atoms with Gasteiger partial charge in [-0.1, -0.05) is 12.1 Å². The van der Waals surface area contributed by atoms with Crippen LogP contribution >= 0.6 is 0 Å². The van der Waals surface area contributed by atoms with Gasteiger partial charge in [0.05, 0.1) is 19.3 Å². The summed E-state index contributed by atoms with van der Waals surface area (Å²) >= 11 is 0. The second kappa shape index (κ2) is 5.49. The number of aliphatic hydroxyl groups is 1. The molecule has 1 fully saturated rings. The topological polar surface area (TPSA) is 58.7 Å². The van der Waals surface area contributed by atoms with Crippen molar-refractivity contribution in [2.45, 2.75) is 19.1 Å². The lowest BCUT2D eigenvalue weighted by atomic mass is 10.1. The number of nitrogens with two attached hydrogens (primary N) is 1. The van der Waals surface area contributed by atoms with Crippen molar-refractivity contribution in [1.29, 1.82) is 0 Å². The van der Waals surface area contributed by atoms with Gasteiger partial charge in [0.1, 0.15) is 0 Å². The van der Waals surface area contributed by atoms with Crippen molar-refractivity contribution >= 4 is 5.69 Å². The predicted octanol–water partition coefficient (Wildman–Crippen LogP) is 0.904. The Morgan fingerprint density at radius 2 is 2.41 bits per heavy atom. The minimum atomic E-state index is -0.0808. The largest absolute Gasteiger partial charge is 0.394 e. The van der Waals surface area contributed by atoms with Crippen molar-refractivity contribution in [3.8, 4) is 0 Å². The van der Waals surface area contributed by atoms with Gasteiger partial charge in [-0.05, 0) is 24.6 Å². The summed E-state index contributed by atoms with van der Waals surface area (Å²) in [7, 11) is 0. The predicted molar refractivity (Wildman–Crippen MR) is 68.1 cm³/mol. The number of nitrogens with zero attached hydrogens (tertiary/aromatic N) is 1. The number of rotatable bonds is 3. The molecule has 1 aromatic rings. The summed E-state index contributed by atoms with van der Waals surface area (Å²) in [5.41, 5.74) is 8.17. The molecule has 0 amide bonds. The molecule has 0 aliphatic carbocycles. The zero-order chi connectivity index (χ0) is 12.3. The van der Waals surface area contributed by atoms with Crippen LogP contribution in [0.1, 0.15) is 18.5 Å². The van der Waals surface area contributed by atoms with Crippen LogP contribution in [0.4, 0.5) is 5.69 Å². The first-order chi connectivity index (χ1) is 8.20. The van der Waals surface area contributed by atoms with Crippen LogP contribution in [0.2, 0.25) is 0 Å². The fourth-order valence-corrected chi connectivity index (χ4v) is 2.07. The minimum Gasteiger partial charge on any atom is -0.394 e. The molecule has 1 aliphatic rings. The molecule has 2 atom stereocenters. The van der Waals surface area contributed by atoms with Gasteiger partial charge in [-0.15, -0.1) is 0 Å². The number of morpholine rings is 1. The van der Waals surface area contributed by atoms with Gasteiger partial charge in [0, 0.05) is 24.8 Å². The fraction of sp³-hybridized carbons (Fsp3) is 0.538. The van der Waals surface area contributed by atoms with E-state index in [1.807, 2.05) is 19.1 Å². The van der Waals surface area contributed by atoms with E-state index in [1.165, 1.54) is 0 Å². The summed E-state index contributed by atoms with van der Waals surface area (Å²) in [6.07, 6.45) is -0.0808. The highest BCUT2D eigenvalue weighted by Gasteiger charge is 2.20.